The SMILES string of the molecule is CC1(C)CCC[C@]2(C)[C@H]3CCC(O)O[C@]3(C)CC[C@@H]12. The molecule has 3 rings (SSSR count). The number of rotatable bonds is 0. The molecular weight excluding hydrogens is 236 g/mol. The molecular formula is C17H30O2. The highest BCUT2D eigenvalue weighted by atomic mass is 16.6. The van der Waals surface area contributed by atoms with Gasteiger partial charge in [0.15, 0.2) is 6.29 Å². The molecule has 19 heavy (non-hydrogen) atoms. The molecule has 1 unspecified atom stereocenters. The van der Waals surface area contributed by atoms with Crippen LogP contribution in [0.4, 0.5) is 0 Å². The van der Waals surface area contributed by atoms with Gasteiger partial charge in [0.25, 0.3) is 0 Å². The van der Waals surface area contributed by atoms with Gasteiger partial charge >= 0.3 is 0 Å². The van der Waals surface area contributed by atoms with Crippen molar-refractivity contribution in [3.05, 3.63) is 0 Å². The molecule has 0 aromatic carbocycles. The van der Waals surface area contributed by atoms with Gasteiger partial charge in [0, 0.05) is 0 Å². The standard InChI is InChI=1S/C17H30O2/c1-15(2)9-5-10-16(3)12(15)8-11-17(4)13(16)6-7-14(18)19-17/h12-14,18H,5-11H2,1-4H3/t12-,13+,14?,16-,17+/m0/s1. The van der Waals surface area contributed by atoms with Gasteiger partial charge in [-0.05, 0) is 68.1 Å². The molecule has 5 atom stereocenters. The maximum Gasteiger partial charge on any atom is 0.155 e. The Hall–Kier alpha value is -0.0800. The molecule has 0 aromatic heterocycles. The van der Waals surface area contributed by atoms with Crippen LogP contribution in [0.5, 0.6) is 0 Å². The molecule has 2 heteroatoms. The van der Waals surface area contributed by atoms with E-state index >= 15 is 0 Å². The molecule has 0 amide bonds. The van der Waals surface area contributed by atoms with Crippen LogP contribution in [0.3, 0.4) is 0 Å². The summed E-state index contributed by atoms with van der Waals surface area (Å²) in [6.07, 6.45) is 7.90. The van der Waals surface area contributed by atoms with Crippen LogP contribution >= 0.6 is 0 Å². The molecule has 0 radical (unpaired) electrons. The zero-order valence-corrected chi connectivity index (χ0v) is 13.0. The van der Waals surface area contributed by atoms with E-state index in [0.29, 0.717) is 16.7 Å². The van der Waals surface area contributed by atoms with E-state index in [4.69, 9.17) is 4.74 Å². The van der Waals surface area contributed by atoms with Crippen molar-refractivity contribution in [2.45, 2.75) is 84.5 Å². The van der Waals surface area contributed by atoms with Crippen molar-refractivity contribution in [2.24, 2.45) is 22.7 Å². The first-order chi connectivity index (χ1) is 8.78. The lowest BCUT2D eigenvalue weighted by atomic mass is 9.45. The monoisotopic (exact) mass is 266 g/mol. The van der Waals surface area contributed by atoms with E-state index in [2.05, 4.69) is 27.7 Å². The Kier molecular flexibility index (Phi) is 3.07. The fraction of sp³-hybridized carbons (Fsp3) is 1.00. The third-order valence-electron chi connectivity index (χ3n) is 6.85. The summed E-state index contributed by atoms with van der Waals surface area (Å²) in [5.74, 6) is 1.45. The van der Waals surface area contributed by atoms with E-state index < -0.39 is 6.29 Å². The lowest BCUT2D eigenvalue weighted by Gasteiger charge is -2.63. The summed E-state index contributed by atoms with van der Waals surface area (Å²) in [5.41, 5.74) is 0.801. The van der Waals surface area contributed by atoms with Crippen LogP contribution in [-0.2, 0) is 4.74 Å². The molecule has 0 aromatic rings. The van der Waals surface area contributed by atoms with Crippen molar-refractivity contribution in [1.82, 2.24) is 0 Å². The average Bonchev–Trinajstić information content (AvgIpc) is 2.25. The fourth-order valence-electron chi connectivity index (χ4n) is 6.06. The van der Waals surface area contributed by atoms with E-state index in [-0.39, 0.29) is 5.60 Å². The largest absolute Gasteiger partial charge is 0.368 e. The predicted octanol–water partition coefficient (Wildman–Crippen LogP) is 4.12. The molecule has 3 fully saturated rings. The summed E-state index contributed by atoms with van der Waals surface area (Å²) >= 11 is 0. The van der Waals surface area contributed by atoms with Crippen molar-refractivity contribution in [3.63, 3.8) is 0 Å². The van der Waals surface area contributed by atoms with E-state index in [1.54, 1.807) is 0 Å². The Morgan fingerprint density at radius 2 is 1.63 bits per heavy atom. The Labute approximate surface area is 117 Å². The van der Waals surface area contributed by atoms with Gasteiger partial charge in [-0.2, -0.15) is 0 Å². The van der Waals surface area contributed by atoms with E-state index in [9.17, 15) is 5.11 Å². The summed E-state index contributed by atoms with van der Waals surface area (Å²) in [4.78, 5) is 0. The van der Waals surface area contributed by atoms with Gasteiger partial charge < -0.3 is 9.84 Å². The molecule has 0 spiro atoms. The molecule has 1 aliphatic heterocycles. The van der Waals surface area contributed by atoms with E-state index in [1.807, 2.05) is 0 Å². The average molecular weight is 266 g/mol. The quantitative estimate of drug-likeness (QED) is 0.715. The first-order valence-electron chi connectivity index (χ1n) is 8.14. The second kappa shape index (κ2) is 4.21. The number of hydrogen-bond acceptors (Lipinski definition) is 2. The third kappa shape index (κ3) is 1.98. The zero-order chi connectivity index (χ0) is 13.9. The van der Waals surface area contributed by atoms with Gasteiger partial charge in [0.1, 0.15) is 0 Å². The van der Waals surface area contributed by atoms with Crippen LogP contribution in [0.25, 0.3) is 0 Å². The molecule has 3 aliphatic rings. The summed E-state index contributed by atoms with van der Waals surface area (Å²) in [6.45, 7) is 9.71. The first kappa shape index (κ1) is 13.9. The number of ether oxygens (including phenoxy) is 1. The maximum absolute atomic E-state index is 9.87. The summed E-state index contributed by atoms with van der Waals surface area (Å²) in [5, 5.41) is 9.87. The molecule has 1 saturated heterocycles. The van der Waals surface area contributed by atoms with Gasteiger partial charge in [-0.25, -0.2) is 0 Å². The van der Waals surface area contributed by atoms with Crippen molar-refractivity contribution < 1.29 is 9.84 Å². The van der Waals surface area contributed by atoms with Gasteiger partial charge in [0.05, 0.1) is 5.60 Å². The maximum atomic E-state index is 9.87. The normalized spacial score (nSPS) is 53.2. The minimum atomic E-state index is -0.530. The van der Waals surface area contributed by atoms with E-state index in [0.717, 1.165) is 25.2 Å². The molecule has 2 aliphatic carbocycles. The number of aliphatic hydroxyl groups is 1. The van der Waals surface area contributed by atoms with Gasteiger partial charge in [-0.15, -0.1) is 0 Å². The zero-order valence-electron chi connectivity index (χ0n) is 13.0. The Morgan fingerprint density at radius 1 is 0.895 bits per heavy atom. The molecule has 1 heterocycles. The lowest BCUT2D eigenvalue weighted by Crippen LogP contribution is -2.60. The molecule has 0 bridgehead atoms. The second-order valence-electron chi connectivity index (χ2n) is 8.45. The fourth-order valence-corrected chi connectivity index (χ4v) is 6.06. The van der Waals surface area contributed by atoms with Crippen LogP contribution in [0.15, 0.2) is 0 Å². The van der Waals surface area contributed by atoms with Gasteiger partial charge in [0.2, 0.25) is 0 Å². The van der Waals surface area contributed by atoms with Crippen LogP contribution in [0.1, 0.15) is 72.6 Å². The van der Waals surface area contributed by atoms with Crippen molar-refractivity contribution >= 4 is 0 Å². The highest BCUT2D eigenvalue weighted by Gasteiger charge is 2.60. The first-order valence-corrected chi connectivity index (χ1v) is 8.14. The highest BCUT2D eigenvalue weighted by molar-refractivity contribution is 5.08. The smallest absolute Gasteiger partial charge is 0.155 e. The van der Waals surface area contributed by atoms with Crippen molar-refractivity contribution in [2.75, 3.05) is 0 Å². The van der Waals surface area contributed by atoms with Crippen LogP contribution in [0.2, 0.25) is 0 Å². The third-order valence-corrected chi connectivity index (χ3v) is 6.85. The Bertz CT molecular complexity index is 364. The summed E-state index contributed by atoms with van der Waals surface area (Å²) in [7, 11) is 0. The topological polar surface area (TPSA) is 29.5 Å². The summed E-state index contributed by atoms with van der Waals surface area (Å²) in [6, 6.07) is 0. The number of hydrogen-bond donors (Lipinski definition) is 1. The summed E-state index contributed by atoms with van der Waals surface area (Å²) < 4.78 is 6.02. The molecule has 2 nitrogen and oxygen atoms in total. The Morgan fingerprint density at radius 3 is 2.37 bits per heavy atom. The Balaban J connectivity index is 1.94. The number of fused-ring (bicyclic) bond motifs is 3. The second-order valence-corrected chi connectivity index (χ2v) is 8.45. The lowest BCUT2D eigenvalue weighted by molar-refractivity contribution is -0.280. The van der Waals surface area contributed by atoms with Crippen LogP contribution in [-0.4, -0.2) is 17.0 Å². The molecule has 110 valence electrons. The minimum Gasteiger partial charge on any atom is -0.368 e. The minimum absolute atomic E-state index is 0.0870. The van der Waals surface area contributed by atoms with Crippen LogP contribution < -0.4 is 0 Å². The van der Waals surface area contributed by atoms with Crippen molar-refractivity contribution in [1.29, 1.82) is 0 Å². The number of aliphatic hydroxyl groups excluding tert-OH is 1. The van der Waals surface area contributed by atoms with Gasteiger partial charge in [-0.3, -0.25) is 0 Å². The van der Waals surface area contributed by atoms with Crippen molar-refractivity contribution in [3.8, 4) is 0 Å². The van der Waals surface area contributed by atoms with E-state index in [1.165, 1.54) is 25.7 Å². The highest BCUT2D eigenvalue weighted by Crippen LogP contribution is 2.64. The van der Waals surface area contributed by atoms with Gasteiger partial charge in [-0.1, -0.05) is 27.2 Å². The molecule has 1 N–H and O–H groups in total. The molecule has 2 saturated carbocycles. The predicted molar refractivity (Wildman–Crippen MR) is 76.7 cm³/mol. The van der Waals surface area contributed by atoms with Crippen LogP contribution in [0, 0.1) is 22.7 Å².